The van der Waals surface area contributed by atoms with Crippen LogP contribution in [0.5, 0.6) is 0 Å². The smallest absolute Gasteiger partial charge is 0.248 e. The molecule has 2 rings (SSSR count). The second-order valence-electron chi connectivity index (χ2n) is 5.81. The van der Waals surface area contributed by atoms with Gasteiger partial charge in [-0.1, -0.05) is 18.2 Å². The Labute approximate surface area is 125 Å². The predicted octanol–water partition coefficient (Wildman–Crippen LogP) is 0.301. The second-order valence-corrected chi connectivity index (χ2v) is 5.81. The minimum Gasteiger partial charge on any atom is -0.390 e. The standard InChI is InChI=1S/C16H24N2O3/c1-12-3-4-14(7-13(12)2)8-17-5-6-18(16(21)11-19)10-15(20)9-17/h3-4,7,15,19-20H,5-6,8-11H2,1-2H3. The molecule has 1 atom stereocenters. The molecule has 1 saturated heterocycles. The van der Waals surface area contributed by atoms with Gasteiger partial charge in [-0.3, -0.25) is 9.69 Å². The van der Waals surface area contributed by atoms with E-state index in [1.807, 2.05) is 0 Å². The van der Waals surface area contributed by atoms with Crippen molar-refractivity contribution in [1.82, 2.24) is 9.80 Å². The van der Waals surface area contributed by atoms with Gasteiger partial charge in [0.1, 0.15) is 6.61 Å². The summed E-state index contributed by atoms with van der Waals surface area (Å²) in [7, 11) is 0. The average Bonchev–Trinajstić information content (AvgIpc) is 2.63. The SMILES string of the molecule is Cc1ccc(CN2CCN(C(=O)CO)CC(O)C2)cc1C. The summed E-state index contributed by atoms with van der Waals surface area (Å²) in [4.78, 5) is 15.2. The van der Waals surface area contributed by atoms with Crippen LogP contribution in [0, 0.1) is 13.8 Å². The summed E-state index contributed by atoms with van der Waals surface area (Å²) >= 11 is 0. The quantitative estimate of drug-likeness (QED) is 0.841. The largest absolute Gasteiger partial charge is 0.390 e. The number of hydrogen-bond donors (Lipinski definition) is 2. The summed E-state index contributed by atoms with van der Waals surface area (Å²) in [5, 5.41) is 19.0. The predicted molar refractivity (Wildman–Crippen MR) is 80.9 cm³/mol. The fourth-order valence-electron chi connectivity index (χ4n) is 2.69. The maximum Gasteiger partial charge on any atom is 0.248 e. The monoisotopic (exact) mass is 292 g/mol. The molecule has 0 aromatic heterocycles. The van der Waals surface area contributed by atoms with E-state index < -0.39 is 12.7 Å². The first-order chi connectivity index (χ1) is 9.99. The number of benzene rings is 1. The molecule has 2 N–H and O–H groups in total. The van der Waals surface area contributed by atoms with Crippen molar-refractivity contribution >= 4 is 5.91 Å². The fourth-order valence-corrected chi connectivity index (χ4v) is 2.69. The topological polar surface area (TPSA) is 64.0 Å². The van der Waals surface area contributed by atoms with Crippen LogP contribution in [-0.4, -0.2) is 64.8 Å². The molecule has 0 spiro atoms. The molecule has 0 radical (unpaired) electrons. The van der Waals surface area contributed by atoms with Gasteiger partial charge in [0, 0.05) is 32.7 Å². The Hall–Kier alpha value is -1.43. The van der Waals surface area contributed by atoms with E-state index >= 15 is 0 Å². The lowest BCUT2D eigenvalue weighted by atomic mass is 10.1. The van der Waals surface area contributed by atoms with Gasteiger partial charge in [0.25, 0.3) is 0 Å². The fraction of sp³-hybridized carbons (Fsp3) is 0.562. The average molecular weight is 292 g/mol. The van der Waals surface area contributed by atoms with E-state index in [2.05, 4.69) is 36.9 Å². The summed E-state index contributed by atoms with van der Waals surface area (Å²) in [6.07, 6.45) is -0.574. The van der Waals surface area contributed by atoms with Crippen molar-refractivity contribution in [3.05, 3.63) is 34.9 Å². The molecular formula is C16H24N2O3. The van der Waals surface area contributed by atoms with Crippen LogP contribution in [0.25, 0.3) is 0 Å². The molecule has 5 heteroatoms. The van der Waals surface area contributed by atoms with E-state index in [9.17, 15) is 9.90 Å². The number of amides is 1. The van der Waals surface area contributed by atoms with Gasteiger partial charge in [0.2, 0.25) is 5.91 Å². The number of carbonyl (C=O) groups excluding carboxylic acids is 1. The Morgan fingerprint density at radius 2 is 2.00 bits per heavy atom. The third kappa shape index (κ3) is 4.27. The van der Waals surface area contributed by atoms with Crippen LogP contribution in [0.3, 0.4) is 0 Å². The Kier molecular flexibility index (Phi) is 5.33. The van der Waals surface area contributed by atoms with Gasteiger partial charge >= 0.3 is 0 Å². The zero-order valence-electron chi connectivity index (χ0n) is 12.7. The molecule has 1 aromatic rings. The molecule has 1 aliphatic heterocycles. The number of aryl methyl sites for hydroxylation is 2. The number of aliphatic hydroxyl groups excluding tert-OH is 2. The zero-order chi connectivity index (χ0) is 15.4. The van der Waals surface area contributed by atoms with Gasteiger partial charge in [-0.2, -0.15) is 0 Å². The van der Waals surface area contributed by atoms with E-state index in [4.69, 9.17) is 5.11 Å². The number of carbonyl (C=O) groups is 1. The molecule has 1 aliphatic rings. The molecule has 0 saturated carbocycles. The van der Waals surface area contributed by atoms with Crippen molar-refractivity contribution in [2.45, 2.75) is 26.5 Å². The highest BCUT2D eigenvalue weighted by molar-refractivity contribution is 5.77. The van der Waals surface area contributed by atoms with Crippen LogP contribution in [0.2, 0.25) is 0 Å². The van der Waals surface area contributed by atoms with Crippen molar-refractivity contribution in [2.75, 3.05) is 32.8 Å². The van der Waals surface area contributed by atoms with Crippen molar-refractivity contribution in [3.63, 3.8) is 0 Å². The highest BCUT2D eigenvalue weighted by Crippen LogP contribution is 2.14. The lowest BCUT2D eigenvalue weighted by Crippen LogP contribution is -2.39. The molecule has 116 valence electrons. The Morgan fingerprint density at radius 1 is 1.24 bits per heavy atom. The molecule has 1 amide bonds. The number of rotatable bonds is 3. The normalized spacial score (nSPS) is 20.4. The van der Waals surface area contributed by atoms with Crippen LogP contribution in [0.1, 0.15) is 16.7 Å². The minimum absolute atomic E-state index is 0.294. The number of β-amino-alcohol motifs (C(OH)–C–C–N with tert-alkyl or cyclic N) is 1. The van der Waals surface area contributed by atoms with Crippen LogP contribution >= 0.6 is 0 Å². The van der Waals surface area contributed by atoms with E-state index in [0.29, 0.717) is 26.2 Å². The molecule has 1 heterocycles. The van der Waals surface area contributed by atoms with Crippen molar-refractivity contribution in [1.29, 1.82) is 0 Å². The molecular weight excluding hydrogens is 268 g/mol. The molecule has 0 bridgehead atoms. The first-order valence-electron chi connectivity index (χ1n) is 7.34. The zero-order valence-corrected chi connectivity index (χ0v) is 12.7. The highest BCUT2D eigenvalue weighted by Gasteiger charge is 2.23. The van der Waals surface area contributed by atoms with Crippen molar-refractivity contribution < 1.29 is 15.0 Å². The Morgan fingerprint density at radius 3 is 2.67 bits per heavy atom. The molecule has 0 aliphatic carbocycles. The van der Waals surface area contributed by atoms with Gasteiger partial charge in [-0.25, -0.2) is 0 Å². The maximum atomic E-state index is 11.6. The molecule has 5 nitrogen and oxygen atoms in total. The summed E-state index contributed by atoms with van der Waals surface area (Å²) < 4.78 is 0. The first kappa shape index (κ1) is 15.9. The molecule has 1 aromatic carbocycles. The summed E-state index contributed by atoms with van der Waals surface area (Å²) in [5.74, 6) is -0.318. The third-order valence-electron chi connectivity index (χ3n) is 4.05. The van der Waals surface area contributed by atoms with Gasteiger partial charge < -0.3 is 15.1 Å². The lowest BCUT2D eigenvalue weighted by molar-refractivity contribution is -0.135. The van der Waals surface area contributed by atoms with E-state index in [1.54, 1.807) is 0 Å². The first-order valence-corrected chi connectivity index (χ1v) is 7.34. The lowest BCUT2D eigenvalue weighted by Gasteiger charge is -2.21. The van der Waals surface area contributed by atoms with Gasteiger partial charge in [-0.05, 0) is 30.5 Å². The van der Waals surface area contributed by atoms with E-state index in [-0.39, 0.29) is 5.91 Å². The summed E-state index contributed by atoms with van der Waals surface area (Å²) in [6.45, 7) is 6.54. The molecule has 1 unspecified atom stereocenters. The maximum absolute atomic E-state index is 11.6. The number of hydrogen-bond acceptors (Lipinski definition) is 4. The van der Waals surface area contributed by atoms with Crippen LogP contribution in [-0.2, 0) is 11.3 Å². The molecule has 21 heavy (non-hydrogen) atoms. The Bertz CT molecular complexity index is 504. The summed E-state index contributed by atoms with van der Waals surface area (Å²) in [6, 6.07) is 6.39. The highest BCUT2D eigenvalue weighted by atomic mass is 16.3. The second kappa shape index (κ2) is 7.02. The molecule has 1 fully saturated rings. The van der Waals surface area contributed by atoms with Gasteiger partial charge in [0.05, 0.1) is 6.10 Å². The third-order valence-corrected chi connectivity index (χ3v) is 4.05. The van der Waals surface area contributed by atoms with Gasteiger partial charge in [-0.15, -0.1) is 0 Å². The van der Waals surface area contributed by atoms with Crippen LogP contribution in [0.15, 0.2) is 18.2 Å². The number of aliphatic hydroxyl groups is 2. The van der Waals surface area contributed by atoms with E-state index in [0.717, 1.165) is 6.54 Å². The van der Waals surface area contributed by atoms with Gasteiger partial charge in [0.15, 0.2) is 0 Å². The summed E-state index contributed by atoms with van der Waals surface area (Å²) in [5.41, 5.74) is 3.75. The van der Waals surface area contributed by atoms with E-state index in [1.165, 1.54) is 21.6 Å². The Balaban J connectivity index is 2.00. The van der Waals surface area contributed by atoms with Crippen LogP contribution < -0.4 is 0 Å². The van der Waals surface area contributed by atoms with Crippen molar-refractivity contribution in [3.8, 4) is 0 Å². The van der Waals surface area contributed by atoms with Crippen LogP contribution in [0.4, 0.5) is 0 Å². The minimum atomic E-state index is -0.574. The number of nitrogens with zero attached hydrogens (tertiary/aromatic N) is 2. The van der Waals surface area contributed by atoms with Crippen molar-refractivity contribution in [2.24, 2.45) is 0 Å².